The van der Waals surface area contributed by atoms with Gasteiger partial charge in [0.2, 0.25) is 11.8 Å². The highest BCUT2D eigenvalue weighted by Crippen LogP contribution is 2.26. The van der Waals surface area contributed by atoms with Crippen LogP contribution in [0.25, 0.3) is 0 Å². The Morgan fingerprint density at radius 1 is 1.13 bits per heavy atom. The summed E-state index contributed by atoms with van der Waals surface area (Å²) >= 11 is 0. The molecule has 0 radical (unpaired) electrons. The molecule has 2 saturated heterocycles. The highest BCUT2D eigenvalue weighted by Gasteiger charge is 2.35. The van der Waals surface area contributed by atoms with Crippen molar-refractivity contribution < 1.29 is 23.5 Å². The fourth-order valence-corrected chi connectivity index (χ4v) is 3.62. The van der Waals surface area contributed by atoms with E-state index in [1.54, 1.807) is 4.90 Å². The van der Waals surface area contributed by atoms with Crippen LogP contribution in [-0.2, 0) is 32.0 Å². The normalized spacial score (nSPS) is 17.8. The fraction of sp³-hybridized carbons (Fsp3) is 0.591. The van der Waals surface area contributed by atoms with Crippen molar-refractivity contribution in [3.63, 3.8) is 0 Å². The second kappa shape index (κ2) is 10.7. The summed E-state index contributed by atoms with van der Waals surface area (Å²) < 4.78 is 22.0. The van der Waals surface area contributed by atoms with E-state index in [0.717, 1.165) is 38.2 Å². The van der Waals surface area contributed by atoms with Crippen molar-refractivity contribution in [2.24, 2.45) is 5.92 Å². The summed E-state index contributed by atoms with van der Waals surface area (Å²) in [5.74, 6) is 1.95. The number of carbonyl (C=O) groups is 1. The minimum Gasteiger partial charge on any atom is -0.381 e. The molecular weight excluding hydrogens is 386 g/mol. The number of carbonyl (C=O) groups excluding carboxylic acids is 1. The van der Waals surface area contributed by atoms with Crippen molar-refractivity contribution in [2.75, 3.05) is 46.1 Å². The standard InChI is InChI=1S/C22H29N3O5/c26-21(16-29-15-17-4-2-1-3-5-17)25-12-19(13-25)22-23-20(24-30-22)8-11-28-14-18-6-9-27-10-7-18/h1-5,18-19H,6-16H2. The Labute approximate surface area is 176 Å². The van der Waals surface area contributed by atoms with Gasteiger partial charge in [-0.3, -0.25) is 4.79 Å². The molecule has 0 spiro atoms. The van der Waals surface area contributed by atoms with E-state index >= 15 is 0 Å². The van der Waals surface area contributed by atoms with E-state index in [1.165, 1.54) is 0 Å². The van der Waals surface area contributed by atoms with Crippen LogP contribution in [-0.4, -0.2) is 67.1 Å². The van der Waals surface area contributed by atoms with Crippen molar-refractivity contribution in [3.05, 3.63) is 47.6 Å². The number of nitrogens with zero attached hydrogens (tertiary/aromatic N) is 3. The van der Waals surface area contributed by atoms with E-state index in [0.29, 0.717) is 50.4 Å². The van der Waals surface area contributed by atoms with Gasteiger partial charge in [0.05, 0.1) is 19.1 Å². The van der Waals surface area contributed by atoms with Gasteiger partial charge >= 0.3 is 0 Å². The van der Waals surface area contributed by atoms with Crippen LogP contribution in [0.15, 0.2) is 34.9 Å². The van der Waals surface area contributed by atoms with Crippen molar-refractivity contribution >= 4 is 5.91 Å². The number of amides is 1. The van der Waals surface area contributed by atoms with Crippen molar-refractivity contribution in [2.45, 2.75) is 31.8 Å². The molecule has 30 heavy (non-hydrogen) atoms. The second-order valence-electron chi connectivity index (χ2n) is 7.90. The van der Waals surface area contributed by atoms with Crippen LogP contribution in [0.1, 0.15) is 36.0 Å². The summed E-state index contributed by atoms with van der Waals surface area (Å²) in [6.45, 7) is 4.73. The molecule has 2 fully saturated rings. The maximum Gasteiger partial charge on any atom is 0.248 e. The first kappa shape index (κ1) is 21.0. The number of ether oxygens (including phenoxy) is 3. The molecule has 0 aliphatic carbocycles. The first-order valence-corrected chi connectivity index (χ1v) is 10.7. The maximum absolute atomic E-state index is 12.2. The minimum atomic E-state index is -0.0107. The summed E-state index contributed by atoms with van der Waals surface area (Å²) in [7, 11) is 0. The number of benzene rings is 1. The van der Waals surface area contributed by atoms with Crippen molar-refractivity contribution in [1.82, 2.24) is 15.0 Å². The summed E-state index contributed by atoms with van der Waals surface area (Å²) in [4.78, 5) is 18.4. The van der Waals surface area contributed by atoms with Gasteiger partial charge in [-0.1, -0.05) is 35.5 Å². The molecule has 1 aromatic carbocycles. The van der Waals surface area contributed by atoms with Gasteiger partial charge in [-0.15, -0.1) is 0 Å². The first-order valence-electron chi connectivity index (χ1n) is 10.7. The lowest BCUT2D eigenvalue weighted by Gasteiger charge is -2.36. The number of likely N-dealkylation sites (tertiary alicyclic amines) is 1. The lowest BCUT2D eigenvalue weighted by molar-refractivity contribution is -0.141. The third kappa shape index (κ3) is 5.87. The molecule has 8 heteroatoms. The Kier molecular flexibility index (Phi) is 7.44. The maximum atomic E-state index is 12.2. The zero-order chi connectivity index (χ0) is 20.6. The van der Waals surface area contributed by atoms with Crippen LogP contribution < -0.4 is 0 Å². The summed E-state index contributed by atoms with van der Waals surface area (Å²) in [6, 6.07) is 9.83. The van der Waals surface area contributed by atoms with Crippen molar-refractivity contribution in [1.29, 1.82) is 0 Å². The van der Waals surface area contributed by atoms with E-state index in [-0.39, 0.29) is 18.4 Å². The van der Waals surface area contributed by atoms with Gasteiger partial charge in [-0.2, -0.15) is 4.98 Å². The molecule has 2 aliphatic heterocycles. The van der Waals surface area contributed by atoms with E-state index in [1.807, 2.05) is 30.3 Å². The molecule has 2 aromatic rings. The molecule has 0 saturated carbocycles. The molecule has 2 aliphatic rings. The number of aromatic nitrogens is 2. The van der Waals surface area contributed by atoms with Gasteiger partial charge in [0.25, 0.3) is 0 Å². The van der Waals surface area contributed by atoms with Gasteiger partial charge in [0.15, 0.2) is 5.82 Å². The SMILES string of the molecule is O=C(COCc1ccccc1)N1CC(c2nc(CCOCC3CCOCC3)no2)C1. The van der Waals surface area contributed by atoms with Gasteiger partial charge in [0.1, 0.15) is 6.61 Å². The van der Waals surface area contributed by atoms with Crippen LogP contribution in [0.5, 0.6) is 0 Å². The van der Waals surface area contributed by atoms with Crippen LogP contribution in [0.2, 0.25) is 0 Å². The predicted molar refractivity (Wildman–Crippen MR) is 108 cm³/mol. The third-order valence-electron chi connectivity index (χ3n) is 5.57. The predicted octanol–water partition coefficient (Wildman–Crippen LogP) is 2.20. The number of hydrogen-bond acceptors (Lipinski definition) is 7. The molecule has 0 N–H and O–H groups in total. The van der Waals surface area contributed by atoms with E-state index in [4.69, 9.17) is 18.7 Å². The molecule has 3 heterocycles. The lowest BCUT2D eigenvalue weighted by Crippen LogP contribution is -2.49. The van der Waals surface area contributed by atoms with Gasteiger partial charge in [-0.25, -0.2) is 0 Å². The lowest BCUT2D eigenvalue weighted by atomic mass is 10.0. The largest absolute Gasteiger partial charge is 0.381 e. The molecule has 1 amide bonds. The van der Waals surface area contributed by atoms with E-state index in [9.17, 15) is 4.79 Å². The second-order valence-corrected chi connectivity index (χ2v) is 7.90. The van der Waals surface area contributed by atoms with Crippen LogP contribution in [0.3, 0.4) is 0 Å². The topological polar surface area (TPSA) is 86.9 Å². The van der Waals surface area contributed by atoms with Crippen molar-refractivity contribution in [3.8, 4) is 0 Å². The molecule has 0 bridgehead atoms. The minimum absolute atomic E-state index is 0.0107. The Morgan fingerprint density at radius 3 is 2.73 bits per heavy atom. The average Bonchev–Trinajstić information content (AvgIpc) is 3.20. The zero-order valence-corrected chi connectivity index (χ0v) is 17.2. The summed E-state index contributed by atoms with van der Waals surface area (Å²) in [6.07, 6.45) is 2.77. The number of rotatable bonds is 10. The Balaban J connectivity index is 1.10. The Hall–Kier alpha value is -2.29. The fourth-order valence-electron chi connectivity index (χ4n) is 3.62. The Morgan fingerprint density at radius 2 is 1.93 bits per heavy atom. The number of hydrogen-bond donors (Lipinski definition) is 0. The molecule has 4 rings (SSSR count). The van der Waals surface area contributed by atoms with Crippen LogP contribution >= 0.6 is 0 Å². The highest BCUT2D eigenvalue weighted by molar-refractivity contribution is 5.78. The van der Waals surface area contributed by atoms with Gasteiger partial charge < -0.3 is 23.6 Å². The van der Waals surface area contributed by atoms with Crippen LogP contribution in [0.4, 0.5) is 0 Å². The van der Waals surface area contributed by atoms with Gasteiger partial charge in [-0.05, 0) is 24.3 Å². The molecule has 0 atom stereocenters. The summed E-state index contributed by atoms with van der Waals surface area (Å²) in [5.41, 5.74) is 1.06. The van der Waals surface area contributed by atoms with E-state index in [2.05, 4.69) is 10.1 Å². The van der Waals surface area contributed by atoms with E-state index < -0.39 is 0 Å². The quantitative estimate of drug-likeness (QED) is 0.550. The zero-order valence-electron chi connectivity index (χ0n) is 17.2. The molecule has 162 valence electrons. The average molecular weight is 415 g/mol. The van der Waals surface area contributed by atoms with Crippen LogP contribution in [0, 0.1) is 5.92 Å². The third-order valence-corrected chi connectivity index (χ3v) is 5.57. The smallest absolute Gasteiger partial charge is 0.248 e. The molecule has 1 aromatic heterocycles. The molecule has 0 unspecified atom stereocenters. The summed E-state index contributed by atoms with van der Waals surface area (Å²) in [5, 5.41) is 4.04. The monoisotopic (exact) mass is 415 g/mol. The highest BCUT2D eigenvalue weighted by atomic mass is 16.5. The molecule has 8 nitrogen and oxygen atoms in total. The Bertz CT molecular complexity index is 785. The molecular formula is C22H29N3O5. The first-order chi connectivity index (χ1) is 14.8. The van der Waals surface area contributed by atoms with Gasteiger partial charge in [0, 0.05) is 39.3 Å².